The molecule has 0 bridgehead atoms. The molecule has 11 heteroatoms. The van der Waals surface area contributed by atoms with Gasteiger partial charge in [0.05, 0.1) is 26.9 Å². The van der Waals surface area contributed by atoms with E-state index in [0.29, 0.717) is 49.1 Å². The van der Waals surface area contributed by atoms with Gasteiger partial charge in [-0.15, -0.1) is 0 Å². The van der Waals surface area contributed by atoms with Gasteiger partial charge in [-0.3, -0.25) is 0 Å². The topological polar surface area (TPSA) is 119 Å². The Kier molecular flexibility index (Phi) is 15.1. The molecule has 2 aromatic rings. The number of carboxylic acids is 1. The first kappa shape index (κ1) is 34.8. The molecule has 0 aromatic heterocycles. The Balaban J connectivity index is 2.02. The predicted octanol–water partition coefficient (Wildman–Crippen LogP) is 6.40. The Hall–Kier alpha value is -3.38. The third kappa shape index (κ3) is 10.5. The normalized spacial score (nSPS) is 11.7. The highest BCUT2D eigenvalue weighted by atomic mass is 28.4. The van der Waals surface area contributed by atoms with Crippen LogP contribution in [0.4, 0.5) is 0 Å². The molecule has 42 heavy (non-hydrogen) atoms. The molecule has 0 aliphatic carbocycles. The third-order valence-corrected chi connectivity index (χ3v) is 9.55. The highest BCUT2D eigenvalue weighted by Gasteiger charge is 2.39. The van der Waals surface area contributed by atoms with Crippen LogP contribution < -0.4 is 18.9 Å². The maximum absolute atomic E-state index is 12.8. The minimum absolute atomic E-state index is 0.206. The summed E-state index contributed by atoms with van der Waals surface area (Å²) in [5.41, 5.74) is 1.18. The van der Waals surface area contributed by atoms with E-state index in [2.05, 4.69) is 0 Å². The van der Waals surface area contributed by atoms with Gasteiger partial charge in [0.15, 0.2) is 23.0 Å². The van der Waals surface area contributed by atoms with Crippen LogP contribution in [0.2, 0.25) is 6.04 Å². The average molecular weight is 605 g/mol. The summed E-state index contributed by atoms with van der Waals surface area (Å²) in [6.07, 6.45) is 5.43. The van der Waals surface area contributed by atoms with E-state index in [1.807, 2.05) is 20.8 Å². The van der Waals surface area contributed by atoms with Crippen molar-refractivity contribution >= 4 is 26.8 Å². The van der Waals surface area contributed by atoms with Gasteiger partial charge in [0, 0.05) is 31.4 Å². The maximum atomic E-state index is 12.8. The number of esters is 1. The number of carboxylic acid groups (broad SMARTS) is 1. The van der Waals surface area contributed by atoms with Gasteiger partial charge in [0.1, 0.15) is 0 Å². The molecule has 1 N–H and O–H groups in total. The maximum Gasteiger partial charge on any atom is 0.500 e. The van der Waals surface area contributed by atoms with Crippen molar-refractivity contribution in [2.75, 3.05) is 41.2 Å². The van der Waals surface area contributed by atoms with E-state index in [1.54, 1.807) is 36.4 Å². The monoisotopic (exact) mass is 604 g/mol. The summed E-state index contributed by atoms with van der Waals surface area (Å²) in [6, 6.07) is 10.4. The van der Waals surface area contributed by atoms with Gasteiger partial charge >= 0.3 is 20.7 Å². The highest BCUT2D eigenvalue weighted by Crippen LogP contribution is 2.32. The van der Waals surface area contributed by atoms with Gasteiger partial charge in [-0.05, 0) is 82.0 Å². The van der Waals surface area contributed by atoms with Gasteiger partial charge < -0.3 is 37.3 Å². The zero-order chi connectivity index (χ0) is 31.0. The van der Waals surface area contributed by atoms with Crippen molar-refractivity contribution in [3.63, 3.8) is 0 Å². The third-order valence-electron chi connectivity index (χ3n) is 6.40. The van der Waals surface area contributed by atoms with Crippen LogP contribution in [0.25, 0.3) is 6.08 Å². The second-order valence-electron chi connectivity index (χ2n) is 9.24. The molecular formula is C31H44O10Si. The predicted molar refractivity (Wildman–Crippen MR) is 162 cm³/mol. The van der Waals surface area contributed by atoms with Crippen molar-refractivity contribution < 1.29 is 46.9 Å². The van der Waals surface area contributed by atoms with Crippen molar-refractivity contribution in [3.05, 3.63) is 53.1 Å². The molecule has 0 aliphatic rings. The van der Waals surface area contributed by atoms with Gasteiger partial charge in [-0.25, -0.2) is 9.59 Å². The van der Waals surface area contributed by atoms with E-state index in [4.69, 9.17) is 32.2 Å². The van der Waals surface area contributed by atoms with Gasteiger partial charge in [-0.1, -0.05) is 18.9 Å². The number of benzene rings is 2. The molecule has 0 atom stereocenters. The lowest BCUT2D eigenvalue weighted by atomic mass is 10.0. The van der Waals surface area contributed by atoms with Crippen molar-refractivity contribution in [2.24, 2.45) is 0 Å². The molecule has 0 unspecified atom stereocenters. The average Bonchev–Trinajstić information content (AvgIpc) is 2.98. The molecule has 0 radical (unpaired) electrons. The second kappa shape index (κ2) is 18.2. The van der Waals surface area contributed by atoms with Crippen LogP contribution in [0.5, 0.6) is 23.0 Å². The van der Waals surface area contributed by atoms with E-state index in [1.165, 1.54) is 27.4 Å². The Morgan fingerprint density at radius 1 is 0.738 bits per heavy atom. The van der Waals surface area contributed by atoms with Gasteiger partial charge in [0.25, 0.3) is 0 Å². The minimum Gasteiger partial charge on any atom is -0.493 e. The standard InChI is InChI=1S/C31H44O10Si/c1-7-38-42(39-8-2,40-9-3)19-13-11-10-12-14-24(30(32)33)20-23-15-17-27(28(21-23)36-5)41-31(34)25-16-18-26(35-4)29(22-25)37-6/h15-18,20-22H,7-14,19H2,1-6H3,(H,32,33)/b24-20+. The zero-order valence-electron chi connectivity index (χ0n) is 25.5. The molecule has 0 spiro atoms. The van der Waals surface area contributed by atoms with E-state index >= 15 is 0 Å². The summed E-state index contributed by atoms with van der Waals surface area (Å²) in [6.45, 7) is 7.46. The van der Waals surface area contributed by atoms with E-state index in [-0.39, 0.29) is 16.9 Å². The van der Waals surface area contributed by atoms with Crippen molar-refractivity contribution in [3.8, 4) is 23.0 Å². The van der Waals surface area contributed by atoms with Crippen LogP contribution in [0, 0.1) is 0 Å². The van der Waals surface area contributed by atoms with Crippen molar-refractivity contribution in [1.82, 2.24) is 0 Å². The molecule has 0 heterocycles. The summed E-state index contributed by atoms with van der Waals surface area (Å²) in [7, 11) is 1.79. The number of carbonyl (C=O) groups is 2. The summed E-state index contributed by atoms with van der Waals surface area (Å²) in [5.74, 6) is -0.187. The molecule has 10 nitrogen and oxygen atoms in total. The van der Waals surface area contributed by atoms with E-state index in [0.717, 1.165) is 31.7 Å². The first-order chi connectivity index (χ1) is 20.3. The quantitative estimate of drug-likeness (QED) is 0.0598. The summed E-state index contributed by atoms with van der Waals surface area (Å²) in [5, 5.41) is 9.80. The number of hydrogen-bond donors (Lipinski definition) is 1. The molecule has 0 fully saturated rings. The smallest absolute Gasteiger partial charge is 0.493 e. The van der Waals surface area contributed by atoms with Gasteiger partial charge in [-0.2, -0.15) is 0 Å². The fraction of sp³-hybridized carbons (Fsp3) is 0.484. The fourth-order valence-electron chi connectivity index (χ4n) is 4.43. The molecule has 0 saturated carbocycles. The van der Waals surface area contributed by atoms with Crippen molar-refractivity contribution in [2.45, 2.75) is 58.9 Å². The number of unbranched alkanes of at least 4 members (excludes halogenated alkanes) is 3. The zero-order valence-corrected chi connectivity index (χ0v) is 26.5. The number of rotatable bonds is 20. The molecular weight excluding hydrogens is 560 g/mol. The van der Waals surface area contributed by atoms with Crippen molar-refractivity contribution in [1.29, 1.82) is 0 Å². The van der Waals surface area contributed by atoms with E-state index in [9.17, 15) is 14.7 Å². The van der Waals surface area contributed by atoms with Crippen LogP contribution in [0.3, 0.4) is 0 Å². The molecule has 0 amide bonds. The fourth-order valence-corrected chi connectivity index (χ4v) is 7.12. The Morgan fingerprint density at radius 3 is 1.88 bits per heavy atom. The largest absolute Gasteiger partial charge is 0.500 e. The number of methoxy groups -OCH3 is 3. The summed E-state index contributed by atoms with van der Waals surface area (Å²) < 4.78 is 39.1. The highest BCUT2D eigenvalue weighted by molar-refractivity contribution is 6.60. The molecule has 0 aliphatic heterocycles. The molecule has 0 saturated heterocycles. The molecule has 232 valence electrons. The minimum atomic E-state index is -2.66. The Morgan fingerprint density at radius 2 is 1.31 bits per heavy atom. The number of ether oxygens (including phenoxy) is 4. The Bertz CT molecular complexity index is 1160. The first-order valence-electron chi connectivity index (χ1n) is 14.2. The van der Waals surface area contributed by atoms with Crippen LogP contribution in [0.1, 0.15) is 68.8 Å². The SMILES string of the molecule is CCO[Si](CCCCCC/C(=C\c1ccc(OC(=O)c2ccc(OC)c(OC)c2)c(OC)c1)C(=O)O)(OCC)OCC. The van der Waals surface area contributed by atoms with Crippen LogP contribution >= 0.6 is 0 Å². The van der Waals surface area contributed by atoms with Gasteiger partial charge in [0.2, 0.25) is 0 Å². The summed E-state index contributed by atoms with van der Waals surface area (Å²) in [4.78, 5) is 24.7. The summed E-state index contributed by atoms with van der Waals surface area (Å²) >= 11 is 0. The first-order valence-corrected chi connectivity index (χ1v) is 16.2. The molecule has 2 aromatic carbocycles. The Labute approximate surface area is 249 Å². The second-order valence-corrected chi connectivity index (χ2v) is 12.0. The number of carbonyl (C=O) groups excluding carboxylic acids is 1. The number of hydrogen-bond acceptors (Lipinski definition) is 9. The lowest BCUT2D eigenvalue weighted by Gasteiger charge is -2.28. The lowest BCUT2D eigenvalue weighted by molar-refractivity contribution is -0.132. The van der Waals surface area contributed by atoms with Crippen LogP contribution in [0.15, 0.2) is 42.0 Å². The van der Waals surface area contributed by atoms with E-state index < -0.39 is 20.7 Å². The lowest BCUT2D eigenvalue weighted by Crippen LogP contribution is -2.45. The van der Waals surface area contributed by atoms with Crippen LogP contribution in [-0.4, -0.2) is 67.0 Å². The molecule has 2 rings (SSSR count). The van der Waals surface area contributed by atoms with Crippen LogP contribution in [-0.2, 0) is 18.1 Å². The number of aliphatic carboxylic acids is 1.